The number of carbonyl (C=O) groups is 1. The summed E-state index contributed by atoms with van der Waals surface area (Å²) in [5, 5.41) is 13.5. The number of ether oxygens (including phenoxy) is 1. The smallest absolute Gasteiger partial charge is 0.338 e. The molecule has 6 nitrogen and oxygen atoms in total. The number of aromatic nitrogens is 3. The summed E-state index contributed by atoms with van der Waals surface area (Å²) in [6.45, 7) is 0.130. The summed E-state index contributed by atoms with van der Waals surface area (Å²) < 4.78 is 5.97. The van der Waals surface area contributed by atoms with E-state index < -0.39 is 5.97 Å². The highest BCUT2D eigenvalue weighted by Crippen LogP contribution is 2.15. The first kappa shape index (κ1) is 16.2. The van der Waals surface area contributed by atoms with Crippen molar-refractivity contribution in [3.05, 3.63) is 65.3 Å². The van der Waals surface area contributed by atoms with Crippen molar-refractivity contribution in [1.29, 1.82) is 0 Å². The van der Waals surface area contributed by atoms with Gasteiger partial charge in [0.2, 0.25) is 6.20 Å². The lowest BCUT2D eigenvalue weighted by atomic mass is 10.2. The van der Waals surface area contributed by atoms with Gasteiger partial charge in [0.1, 0.15) is 12.1 Å². The van der Waals surface area contributed by atoms with Gasteiger partial charge in [0.05, 0.1) is 12.0 Å². The molecule has 0 bridgehead atoms. The molecule has 24 heavy (non-hydrogen) atoms. The molecule has 0 saturated heterocycles. The van der Waals surface area contributed by atoms with Gasteiger partial charge in [-0.1, -0.05) is 30.0 Å². The summed E-state index contributed by atoms with van der Waals surface area (Å²) in [5.74, 6) is -0.401. The van der Waals surface area contributed by atoms with Crippen molar-refractivity contribution < 1.29 is 14.3 Å². The second-order valence-corrected chi connectivity index (χ2v) is 5.81. The third-order valence-electron chi connectivity index (χ3n) is 3.45. The number of esters is 1. The summed E-state index contributed by atoms with van der Waals surface area (Å²) in [6, 6.07) is 10.5. The summed E-state index contributed by atoms with van der Waals surface area (Å²) >= 11 is 1.42. The van der Waals surface area contributed by atoms with Crippen molar-refractivity contribution in [2.24, 2.45) is 0 Å². The van der Waals surface area contributed by atoms with Gasteiger partial charge in [-0.05, 0) is 18.4 Å². The van der Waals surface area contributed by atoms with Gasteiger partial charge in [-0.3, -0.25) is 0 Å². The van der Waals surface area contributed by atoms with Gasteiger partial charge < -0.3 is 9.94 Å². The average Bonchev–Trinajstić information content (AvgIpc) is 2.62. The predicted molar refractivity (Wildman–Crippen MR) is 90.7 cm³/mol. The summed E-state index contributed by atoms with van der Waals surface area (Å²) in [5.41, 5.74) is 1.59. The number of nitrogens with zero attached hydrogens (tertiary/aromatic N) is 3. The van der Waals surface area contributed by atoms with Crippen molar-refractivity contribution >= 4 is 28.6 Å². The maximum absolute atomic E-state index is 12.1. The summed E-state index contributed by atoms with van der Waals surface area (Å²) in [7, 11) is 0. The van der Waals surface area contributed by atoms with E-state index in [1.165, 1.54) is 18.0 Å². The maximum Gasteiger partial charge on any atom is 0.338 e. The highest BCUT2D eigenvalue weighted by Gasteiger charge is 2.12. The van der Waals surface area contributed by atoms with Crippen LogP contribution in [0, 0.1) is 5.21 Å². The van der Waals surface area contributed by atoms with Gasteiger partial charge in [0.25, 0.3) is 0 Å². The van der Waals surface area contributed by atoms with Crippen LogP contribution in [0.1, 0.15) is 16.1 Å². The molecule has 1 aromatic carbocycles. The van der Waals surface area contributed by atoms with E-state index in [0.717, 1.165) is 10.1 Å². The number of fused-ring (bicyclic) bond motifs is 1. The van der Waals surface area contributed by atoms with E-state index in [1.807, 2.05) is 12.3 Å². The topological polar surface area (TPSA) is 79.0 Å². The Morgan fingerprint density at radius 1 is 1.33 bits per heavy atom. The highest BCUT2D eigenvalue weighted by molar-refractivity contribution is 7.98. The zero-order chi connectivity index (χ0) is 16.9. The standard InChI is InChI=1S/C17H15N3O3S/c1-24-17-18-10-13-9-14(20(22)11-15(13)19-17)7-8-23-16(21)12-5-3-2-4-6-12/h2-6,9-11H,7-8H2,1H3. The maximum atomic E-state index is 12.1. The van der Waals surface area contributed by atoms with Gasteiger partial charge in [-0.25, -0.2) is 14.8 Å². The molecule has 0 radical (unpaired) electrons. The molecule has 2 heterocycles. The zero-order valence-corrected chi connectivity index (χ0v) is 13.8. The lowest BCUT2D eigenvalue weighted by molar-refractivity contribution is -0.612. The minimum absolute atomic E-state index is 0.130. The Morgan fingerprint density at radius 3 is 2.88 bits per heavy atom. The normalized spacial score (nSPS) is 10.7. The summed E-state index contributed by atoms with van der Waals surface area (Å²) in [6.07, 6.45) is 5.31. The lowest BCUT2D eigenvalue weighted by Crippen LogP contribution is -2.32. The van der Waals surface area contributed by atoms with Crippen LogP contribution in [0.4, 0.5) is 0 Å². The van der Waals surface area contributed by atoms with Crippen molar-refractivity contribution in [2.45, 2.75) is 11.6 Å². The third kappa shape index (κ3) is 3.62. The fourth-order valence-corrected chi connectivity index (χ4v) is 2.57. The van der Waals surface area contributed by atoms with E-state index in [0.29, 0.717) is 28.4 Å². The molecular weight excluding hydrogens is 326 g/mol. The van der Waals surface area contributed by atoms with Gasteiger partial charge in [0, 0.05) is 17.6 Å². The molecule has 3 rings (SSSR count). The van der Waals surface area contributed by atoms with Crippen LogP contribution in [0.2, 0.25) is 0 Å². The Balaban J connectivity index is 1.69. The number of carbonyl (C=O) groups excluding carboxylic acids is 1. The molecule has 0 aliphatic heterocycles. The molecule has 7 heteroatoms. The molecule has 0 unspecified atom stereocenters. The molecule has 0 atom stereocenters. The quantitative estimate of drug-likeness (QED) is 0.233. The fraction of sp³-hybridized carbons (Fsp3) is 0.176. The Kier molecular flexibility index (Phi) is 4.90. The molecule has 3 aromatic rings. The zero-order valence-electron chi connectivity index (χ0n) is 13.0. The molecule has 0 saturated carbocycles. The van der Waals surface area contributed by atoms with E-state index in [1.54, 1.807) is 36.5 Å². The van der Waals surface area contributed by atoms with E-state index >= 15 is 0 Å². The van der Waals surface area contributed by atoms with Crippen molar-refractivity contribution in [3.63, 3.8) is 0 Å². The van der Waals surface area contributed by atoms with E-state index in [-0.39, 0.29) is 6.61 Å². The van der Waals surface area contributed by atoms with E-state index in [2.05, 4.69) is 9.97 Å². The SMILES string of the molecule is CSc1ncc2cc(CCOC(=O)c3ccccc3)[n+]([O-])cc2n1. The van der Waals surface area contributed by atoms with Crippen LogP contribution in [-0.4, -0.2) is 28.8 Å². The second kappa shape index (κ2) is 7.27. The first-order valence-electron chi connectivity index (χ1n) is 7.32. The molecule has 0 aliphatic rings. The first-order valence-corrected chi connectivity index (χ1v) is 8.55. The Bertz CT molecular complexity index is 872. The Labute approximate surface area is 143 Å². The van der Waals surface area contributed by atoms with E-state index in [4.69, 9.17) is 4.74 Å². The molecule has 0 amide bonds. The van der Waals surface area contributed by atoms with Crippen molar-refractivity contribution in [1.82, 2.24) is 9.97 Å². The number of hydrogen-bond donors (Lipinski definition) is 0. The van der Waals surface area contributed by atoms with E-state index in [9.17, 15) is 10.0 Å². The summed E-state index contributed by atoms with van der Waals surface area (Å²) in [4.78, 5) is 20.4. The molecule has 0 spiro atoms. The number of pyridine rings is 1. The number of benzene rings is 1. The van der Waals surface area contributed by atoms with Gasteiger partial charge >= 0.3 is 5.97 Å². The van der Waals surface area contributed by atoms with Crippen LogP contribution in [-0.2, 0) is 11.2 Å². The van der Waals surface area contributed by atoms with Crippen LogP contribution in [0.5, 0.6) is 0 Å². The molecule has 0 fully saturated rings. The van der Waals surface area contributed by atoms with Gasteiger partial charge in [-0.15, -0.1) is 0 Å². The monoisotopic (exact) mass is 341 g/mol. The third-order valence-corrected chi connectivity index (χ3v) is 4.02. The number of hydrogen-bond acceptors (Lipinski definition) is 6. The van der Waals surface area contributed by atoms with Gasteiger partial charge in [0.15, 0.2) is 10.9 Å². The molecule has 122 valence electrons. The Morgan fingerprint density at radius 2 is 2.12 bits per heavy atom. The number of rotatable bonds is 5. The van der Waals surface area contributed by atoms with Crippen LogP contribution < -0.4 is 4.73 Å². The molecule has 0 N–H and O–H groups in total. The second-order valence-electron chi connectivity index (χ2n) is 5.04. The predicted octanol–water partition coefficient (Wildman–Crippen LogP) is 2.38. The van der Waals surface area contributed by atoms with Crippen LogP contribution in [0.15, 0.2) is 53.9 Å². The molecular formula is C17H15N3O3S. The lowest BCUT2D eigenvalue weighted by Gasteiger charge is -2.07. The van der Waals surface area contributed by atoms with Crippen LogP contribution >= 0.6 is 11.8 Å². The number of thioether (sulfide) groups is 1. The first-order chi connectivity index (χ1) is 11.7. The minimum atomic E-state index is -0.401. The highest BCUT2D eigenvalue weighted by atomic mass is 32.2. The van der Waals surface area contributed by atoms with Crippen molar-refractivity contribution in [2.75, 3.05) is 12.9 Å². The molecule has 0 aliphatic carbocycles. The van der Waals surface area contributed by atoms with Crippen LogP contribution in [0.3, 0.4) is 0 Å². The largest absolute Gasteiger partial charge is 0.618 e. The molecule has 2 aromatic heterocycles. The van der Waals surface area contributed by atoms with Crippen LogP contribution in [0.25, 0.3) is 10.9 Å². The van der Waals surface area contributed by atoms with Crippen molar-refractivity contribution in [3.8, 4) is 0 Å². The fourth-order valence-electron chi connectivity index (χ4n) is 2.23. The Hall–Kier alpha value is -2.67. The average molecular weight is 341 g/mol. The van der Waals surface area contributed by atoms with Gasteiger partial charge in [-0.2, -0.15) is 4.73 Å². The minimum Gasteiger partial charge on any atom is -0.618 e.